The average molecular weight is 382 g/mol. The first-order chi connectivity index (χ1) is 13.1. The van der Waals surface area contributed by atoms with Gasteiger partial charge < -0.3 is 15.0 Å². The number of hydrogen-bond donors (Lipinski definition) is 2. The Balaban J connectivity index is 1.82. The summed E-state index contributed by atoms with van der Waals surface area (Å²) in [4.78, 5) is 2.04. The van der Waals surface area contributed by atoms with E-state index in [0.29, 0.717) is 24.7 Å². The summed E-state index contributed by atoms with van der Waals surface area (Å²) in [6.07, 6.45) is 2.20. The maximum absolute atomic E-state index is 8.65. The number of nitriles is 1. The molecule has 140 valence electrons. The third-order valence-electron chi connectivity index (χ3n) is 3.70. The monoisotopic (exact) mass is 381 g/mol. The number of nitrogens with one attached hydrogen (secondary N) is 2. The first kappa shape index (κ1) is 20.2. The fraction of sp³-hybridized carbons (Fsp3) is 0.250. The maximum atomic E-state index is 8.65. The zero-order valence-electron chi connectivity index (χ0n) is 15.5. The number of rotatable bonds is 8. The average Bonchev–Trinajstić information content (AvgIpc) is 2.68. The molecular weight excluding hydrogens is 358 g/mol. The molecule has 2 N–H and O–H groups in total. The van der Waals surface area contributed by atoms with Crippen LogP contribution in [0.15, 0.2) is 53.6 Å². The highest BCUT2D eigenvalue weighted by Crippen LogP contribution is 2.15. The van der Waals surface area contributed by atoms with Crippen LogP contribution in [-0.4, -0.2) is 31.5 Å². The van der Waals surface area contributed by atoms with Gasteiger partial charge in [-0.05, 0) is 61.1 Å². The minimum absolute atomic E-state index is 0.406. The number of nitrogens with zero attached hydrogens (tertiary/aromatic N) is 3. The van der Waals surface area contributed by atoms with Gasteiger partial charge in [-0.3, -0.25) is 5.43 Å². The molecule has 0 atom stereocenters. The number of hydrogen-bond acceptors (Lipinski definition) is 5. The highest BCUT2D eigenvalue weighted by molar-refractivity contribution is 7.80. The molecule has 0 saturated heterocycles. The standard InChI is InChI=1S/C20H23N5OS/c1-3-26-19-11-7-17(8-12-19)23-20(27)24-22-15-16-5-9-18(10-6-16)25(2)14-4-13-21/h5-12,15H,3-4,14H2,1-2H3,(H2,23,24,27)/b22-15-. The van der Waals surface area contributed by atoms with Crippen LogP contribution in [0.2, 0.25) is 0 Å². The van der Waals surface area contributed by atoms with Gasteiger partial charge in [-0.25, -0.2) is 0 Å². The highest BCUT2D eigenvalue weighted by Gasteiger charge is 2.00. The van der Waals surface area contributed by atoms with E-state index in [1.165, 1.54) is 0 Å². The van der Waals surface area contributed by atoms with Gasteiger partial charge in [0.2, 0.25) is 0 Å². The van der Waals surface area contributed by atoms with Crippen LogP contribution >= 0.6 is 12.2 Å². The molecule has 27 heavy (non-hydrogen) atoms. The molecule has 0 bridgehead atoms. The molecule has 0 radical (unpaired) electrons. The Hall–Kier alpha value is -3.11. The maximum Gasteiger partial charge on any atom is 0.191 e. The molecule has 0 aliphatic heterocycles. The molecule has 0 saturated carbocycles. The van der Waals surface area contributed by atoms with E-state index >= 15 is 0 Å². The van der Waals surface area contributed by atoms with Crippen LogP contribution in [0.3, 0.4) is 0 Å². The summed E-state index contributed by atoms with van der Waals surface area (Å²) in [5.41, 5.74) is 5.66. The van der Waals surface area contributed by atoms with Gasteiger partial charge in [-0.1, -0.05) is 12.1 Å². The van der Waals surface area contributed by atoms with Crippen molar-refractivity contribution in [3.63, 3.8) is 0 Å². The molecular formula is C20H23N5OS. The van der Waals surface area contributed by atoms with Crippen molar-refractivity contribution >= 4 is 34.9 Å². The van der Waals surface area contributed by atoms with Crippen molar-refractivity contribution < 1.29 is 4.74 Å². The van der Waals surface area contributed by atoms with E-state index in [4.69, 9.17) is 22.2 Å². The Kier molecular flexibility index (Phi) is 8.07. The molecule has 0 heterocycles. The summed E-state index contributed by atoms with van der Waals surface area (Å²) in [5.74, 6) is 0.821. The summed E-state index contributed by atoms with van der Waals surface area (Å²) in [6.45, 7) is 3.29. The molecule has 2 aromatic carbocycles. The second kappa shape index (κ2) is 10.8. The molecule has 2 aromatic rings. The minimum atomic E-state index is 0.406. The number of hydrazone groups is 1. The van der Waals surface area contributed by atoms with Gasteiger partial charge in [0.15, 0.2) is 5.11 Å². The van der Waals surface area contributed by atoms with Crippen LogP contribution in [0, 0.1) is 11.3 Å². The van der Waals surface area contributed by atoms with E-state index in [1.807, 2.05) is 67.4 Å². The molecule has 0 amide bonds. The topological polar surface area (TPSA) is 72.7 Å². The summed E-state index contributed by atoms with van der Waals surface area (Å²) < 4.78 is 5.41. The molecule has 0 unspecified atom stereocenters. The zero-order chi connectivity index (χ0) is 19.5. The SMILES string of the molecule is CCOc1ccc(NC(=S)N/N=C\c2ccc(N(C)CCC#N)cc2)cc1. The molecule has 7 heteroatoms. The van der Waals surface area contributed by atoms with Gasteiger partial charge in [-0.2, -0.15) is 10.4 Å². The van der Waals surface area contributed by atoms with Crippen LogP contribution in [0.1, 0.15) is 18.9 Å². The fourth-order valence-corrected chi connectivity index (χ4v) is 2.46. The predicted octanol–water partition coefficient (Wildman–Crippen LogP) is 3.76. The second-order valence-electron chi connectivity index (χ2n) is 5.70. The van der Waals surface area contributed by atoms with E-state index < -0.39 is 0 Å². The lowest BCUT2D eigenvalue weighted by molar-refractivity contribution is 0.340. The zero-order valence-corrected chi connectivity index (χ0v) is 16.3. The lowest BCUT2D eigenvalue weighted by Gasteiger charge is -2.17. The fourth-order valence-electron chi connectivity index (χ4n) is 2.29. The van der Waals surface area contributed by atoms with E-state index in [-0.39, 0.29) is 0 Å². The Bertz CT molecular complexity index is 797. The van der Waals surface area contributed by atoms with E-state index in [2.05, 4.69) is 21.9 Å². The van der Waals surface area contributed by atoms with E-state index in [9.17, 15) is 0 Å². The Labute approximate surface area is 165 Å². The third-order valence-corrected chi connectivity index (χ3v) is 3.89. The molecule has 0 spiro atoms. The summed E-state index contributed by atoms with van der Waals surface area (Å²) in [5, 5.41) is 16.3. The van der Waals surface area contributed by atoms with Gasteiger partial charge in [0.05, 0.1) is 25.3 Å². The Morgan fingerprint density at radius 1 is 1.22 bits per heavy atom. The van der Waals surface area contributed by atoms with Crippen molar-refractivity contribution in [2.45, 2.75) is 13.3 Å². The predicted molar refractivity (Wildman–Crippen MR) is 115 cm³/mol. The quantitative estimate of drug-likeness (QED) is 0.412. The first-order valence-corrected chi connectivity index (χ1v) is 9.04. The highest BCUT2D eigenvalue weighted by atomic mass is 32.1. The van der Waals surface area contributed by atoms with Gasteiger partial charge in [-0.15, -0.1) is 0 Å². The summed E-state index contributed by atoms with van der Waals surface area (Å²) in [7, 11) is 1.97. The Morgan fingerprint density at radius 3 is 2.56 bits per heavy atom. The second-order valence-corrected chi connectivity index (χ2v) is 6.11. The van der Waals surface area contributed by atoms with Gasteiger partial charge in [0.1, 0.15) is 5.75 Å². The van der Waals surface area contributed by atoms with Gasteiger partial charge in [0.25, 0.3) is 0 Å². The van der Waals surface area contributed by atoms with E-state index in [1.54, 1.807) is 6.21 Å². The number of benzene rings is 2. The number of anilines is 2. The molecule has 2 rings (SSSR count). The summed E-state index contributed by atoms with van der Waals surface area (Å²) in [6, 6.07) is 17.6. The van der Waals surface area contributed by atoms with Gasteiger partial charge in [0, 0.05) is 25.0 Å². The van der Waals surface area contributed by atoms with Crippen molar-refractivity contribution in [2.75, 3.05) is 30.4 Å². The molecule has 0 aliphatic carbocycles. The number of thiocarbonyl (C=S) groups is 1. The third kappa shape index (κ3) is 6.96. The van der Waals surface area contributed by atoms with E-state index in [0.717, 1.165) is 22.7 Å². The van der Waals surface area contributed by atoms with Crippen molar-refractivity contribution in [2.24, 2.45) is 5.10 Å². The summed E-state index contributed by atoms with van der Waals surface area (Å²) >= 11 is 5.23. The molecule has 0 aromatic heterocycles. The van der Waals surface area contributed by atoms with Crippen molar-refractivity contribution in [1.29, 1.82) is 5.26 Å². The lowest BCUT2D eigenvalue weighted by Crippen LogP contribution is -2.23. The Morgan fingerprint density at radius 2 is 1.93 bits per heavy atom. The lowest BCUT2D eigenvalue weighted by atomic mass is 10.2. The van der Waals surface area contributed by atoms with Gasteiger partial charge >= 0.3 is 0 Å². The molecule has 0 fully saturated rings. The molecule has 0 aliphatic rings. The van der Waals surface area contributed by atoms with Crippen LogP contribution in [0.5, 0.6) is 5.75 Å². The largest absolute Gasteiger partial charge is 0.494 e. The minimum Gasteiger partial charge on any atom is -0.494 e. The number of ether oxygens (including phenoxy) is 1. The van der Waals surface area contributed by atoms with Crippen molar-refractivity contribution in [3.8, 4) is 11.8 Å². The first-order valence-electron chi connectivity index (χ1n) is 8.63. The van der Waals surface area contributed by atoms with Crippen molar-refractivity contribution in [3.05, 3.63) is 54.1 Å². The smallest absolute Gasteiger partial charge is 0.191 e. The van der Waals surface area contributed by atoms with Crippen molar-refractivity contribution in [1.82, 2.24) is 5.43 Å². The molecule has 6 nitrogen and oxygen atoms in total. The normalized spacial score (nSPS) is 10.3. The van der Waals surface area contributed by atoms with Crippen LogP contribution < -0.4 is 20.4 Å². The van der Waals surface area contributed by atoms with Crippen LogP contribution in [0.25, 0.3) is 0 Å². The van der Waals surface area contributed by atoms with Crippen LogP contribution in [-0.2, 0) is 0 Å². The van der Waals surface area contributed by atoms with Crippen LogP contribution in [0.4, 0.5) is 11.4 Å².